The number of aromatic nitrogens is 2. The first kappa shape index (κ1) is 17.7. The summed E-state index contributed by atoms with van der Waals surface area (Å²) in [5.74, 6) is -1.27. The van der Waals surface area contributed by atoms with Crippen LogP contribution in [0, 0.1) is 6.92 Å². The molecule has 0 amide bonds. The number of aryl methyl sites for hydroxylation is 1. The molecule has 134 valence electrons. The Morgan fingerprint density at radius 2 is 1.81 bits per heavy atom. The number of hydrogen-bond acceptors (Lipinski definition) is 4. The highest BCUT2D eigenvalue weighted by Gasteiger charge is 2.20. The van der Waals surface area contributed by atoms with Crippen molar-refractivity contribution < 1.29 is 9.90 Å². The van der Waals surface area contributed by atoms with E-state index in [-0.39, 0.29) is 16.8 Å². The number of nitrogens with zero attached hydrogens (tertiary/aromatic N) is 2. The summed E-state index contributed by atoms with van der Waals surface area (Å²) in [5, 5.41) is 12.5. The molecule has 0 unspecified atom stereocenters. The maximum atomic E-state index is 12.6. The highest BCUT2D eigenvalue weighted by atomic mass is 16.4. The summed E-state index contributed by atoms with van der Waals surface area (Å²) in [6, 6.07) is 11.2. The van der Waals surface area contributed by atoms with Gasteiger partial charge in [0.1, 0.15) is 5.65 Å². The molecule has 0 aliphatic heterocycles. The van der Waals surface area contributed by atoms with E-state index in [0.717, 1.165) is 11.1 Å². The Labute approximate surface area is 151 Å². The second kappa shape index (κ2) is 6.29. The van der Waals surface area contributed by atoms with Gasteiger partial charge >= 0.3 is 5.97 Å². The number of pyridine rings is 1. The Balaban J connectivity index is 2.12. The summed E-state index contributed by atoms with van der Waals surface area (Å²) in [4.78, 5) is 28.7. The molecule has 6 heteroatoms. The molecular weight excluding hydrogens is 330 g/mol. The topological polar surface area (TPSA) is 83.7 Å². The molecule has 1 aromatic carbocycles. The lowest BCUT2D eigenvalue weighted by atomic mass is 9.87. The van der Waals surface area contributed by atoms with Crippen molar-refractivity contribution >= 4 is 23.1 Å². The van der Waals surface area contributed by atoms with Gasteiger partial charge in [-0.3, -0.25) is 9.20 Å². The van der Waals surface area contributed by atoms with E-state index in [9.17, 15) is 14.7 Å². The lowest BCUT2D eigenvalue weighted by Crippen LogP contribution is -2.25. The van der Waals surface area contributed by atoms with Gasteiger partial charge in [-0.15, -0.1) is 0 Å². The zero-order chi connectivity index (χ0) is 19.1. The number of fused-ring (bicyclic) bond motifs is 1. The molecular formula is C20H21N3O3. The first-order valence-electron chi connectivity index (χ1n) is 8.31. The van der Waals surface area contributed by atoms with Crippen molar-refractivity contribution in [2.24, 2.45) is 0 Å². The third-order valence-corrected chi connectivity index (χ3v) is 4.28. The smallest absolute Gasteiger partial charge is 0.345 e. The highest BCUT2D eigenvalue weighted by molar-refractivity contribution is 5.94. The molecule has 0 aliphatic carbocycles. The standard InChI is InChI=1S/C20H21N3O3/c1-12-6-5-11-23-17(12)22-16(15(18(23)24)19(25)26)21-14-9-7-13(8-10-14)20(2,3)4/h5-11,21H,1-4H3,(H,25,26). The predicted octanol–water partition coefficient (Wildman–Crippen LogP) is 3.74. The molecule has 26 heavy (non-hydrogen) atoms. The van der Waals surface area contributed by atoms with Gasteiger partial charge in [-0.2, -0.15) is 0 Å². The van der Waals surface area contributed by atoms with Gasteiger partial charge in [0.15, 0.2) is 11.4 Å². The zero-order valence-corrected chi connectivity index (χ0v) is 15.2. The second-order valence-corrected chi connectivity index (χ2v) is 7.28. The Hall–Kier alpha value is -3.15. The highest BCUT2D eigenvalue weighted by Crippen LogP contribution is 2.25. The van der Waals surface area contributed by atoms with Gasteiger partial charge < -0.3 is 10.4 Å². The number of benzene rings is 1. The number of anilines is 2. The van der Waals surface area contributed by atoms with Crippen LogP contribution in [-0.4, -0.2) is 20.5 Å². The van der Waals surface area contributed by atoms with Crippen LogP contribution in [0.25, 0.3) is 5.65 Å². The minimum atomic E-state index is -1.31. The summed E-state index contributed by atoms with van der Waals surface area (Å²) < 4.78 is 1.26. The van der Waals surface area contributed by atoms with Gasteiger partial charge in [0, 0.05) is 11.9 Å². The van der Waals surface area contributed by atoms with Gasteiger partial charge in [0.25, 0.3) is 5.56 Å². The quantitative estimate of drug-likeness (QED) is 0.751. The van der Waals surface area contributed by atoms with Crippen LogP contribution < -0.4 is 10.9 Å². The van der Waals surface area contributed by atoms with Gasteiger partial charge in [-0.05, 0) is 41.7 Å². The van der Waals surface area contributed by atoms with E-state index < -0.39 is 11.5 Å². The van der Waals surface area contributed by atoms with Crippen molar-refractivity contribution in [2.45, 2.75) is 33.1 Å². The predicted molar refractivity (Wildman–Crippen MR) is 102 cm³/mol. The lowest BCUT2D eigenvalue weighted by Gasteiger charge is -2.19. The summed E-state index contributed by atoms with van der Waals surface area (Å²) >= 11 is 0. The van der Waals surface area contributed by atoms with E-state index in [1.807, 2.05) is 37.3 Å². The molecule has 2 aromatic heterocycles. The Kier molecular flexibility index (Phi) is 4.28. The zero-order valence-electron chi connectivity index (χ0n) is 15.2. The fourth-order valence-electron chi connectivity index (χ4n) is 2.77. The molecule has 0 fully saturated rings. The number of rotatable bonds is 3. The first-order chi connectivity index (χ1) is 12.2. The van der Waals surface area contributed by atoms with Crippen molar-refractivity contribution in [1.82, 2.24) is 9.38 Å². The summed E-state index contributed by atoms with van der Waals surface area (Å²) in [6.07, 6.45) is 1.52. The minimum absolute atomic E-state index is 0.0158. The molecule has 3 rings (SSSR count). The summed E-state index contributed by atoms with van der Waals surface area (Å²) in [6.45, 7) is 8.18. The Morgan fingerprint density at radius 1 is 1.15 bits per heavy atom. The van der Waals surface area contributed by atoms with Crippen LogP contribution >= 0.6 is 0 Å². The number of carbonyl (C=O) groups is 1. The van der Waals surface area contributed by atoms with Crippen molar-refractivity contribution in [3.63, 3.8) is 0 Å². The molecule has 0 spiro atoms. The van der Waals surface area contributed by atoms with Gasteiger partial charge in [-0.1, -0.05) is 39.0 Å². The average Bonchev–Trinajstić information content (AvgIpc) is 2.55. The van der Waals surface area contributed by atoms with E-state index in [4.69, 9.17) is 0 Å². The number of carboxylic acids is 1. The monoisotopic (exact) mass is 351 g/mol. The first-order valence-corrected chi connectivity index (χ1v) is 8.31. The van der Waals surface area contributed by atoms with Crippen LogP contribution in [-0.2, 0) is 5.41 Å². The average molecular weight is 351 g/mol. The van der Waals surface area contributed by atoms with Crippen LogP contribution in [0.2, 0.25) is 0 Å². The molecule has 2 heterocycles. The van der Waals surface area contributed by atoms with E-state index in [1.54, 1.807) is 6.07 Å². The summed E-state index contributed by atoms with van der Waals surface area (Å²) in [7, 11) is 0. The fourth-order valence-corrected chi connectivity index (χ4v) is 2.77. The third-order valence-electron chi connectivity index (χ3n) is 4.28. The van der Waals surface area contributed by atoms with Gasteiger partial charge in [-0.25, -0.2) is 9.78 Å². The van der Waals surface area contributed by atoms with Crippen LogP contribution in [0.5, 0.6) is 0 Å². The number of carboxylic acid groups (broad SMARTS) is 1. The Morgan fingerprint density at radius 3 is 2.38 bits per heavy atom. The minimum Gasteiger partial charge on any atom is -0.477 e. The van der Waals surface area contributed by atoms with Crippen LogP contribution in [0.15, 0.2) is 47.4 Å². The summed E-state index contributed by atoms with van der Waals surface area (Å²) in [5.41, 5.74) is 2.06. The third kappa shape index (κ3) is 3.18. The maximum absolute atomic E-state index is 12.6. The van der Waals surface area contributed by atoms with Crippen molar-refractivity contribution in [2.75, 3.05) is 5.32 Å². The van der Waals surface area contributed by atoms with Crippen molar-refractivity contribution in [3.05, 3.63) is 69.6 Å². The molecule has 0 radical (unpaired) electrons. The number of aromatic carboxylic acids is 1. The van der Waals surface area contributed by atoms with E-state index in [1.165, 1.54) is 10.6 Å². The maximum Gasteiger partial charge on any atom is 0.345 e. The second-order valence-electron chi connectivity index (χ2n) is 7.28. The molecule has 0 bridgehead atoms. The van der Waals surface area contributed by atoms with Crippen LogP contribution in [0.1, 0.15) is 42.3 Å². The van der Waals surface area contributed by atoms with Crippen molar-refractivity contribution in [3.8, 4) is 0 Å². The Bertz CT molecular complexity index is 1040. The molecule has 6 nitrogen and oxygen atoms in total. The van der Waals surface area contributed by atoms with Crippen LogP contribution in [0.4, 0.5) is 11.5 Å². The number of nitrogens with one attached hydrogen (secondary N) is 1. The normalized spacial score (nSPS) is 11.5. The van der Waals surface area contributed by atoms with E-state index >= 15 is 0 Å². The lowest BCUT2D eigenvalue weighted by molar-refractivity contribution is 0.0695. The molecule has 0 saturated carbocycles. The number of hydrogen-bond donors (Lipinski definition) is 2. The van der Waals surface area contributed by atoms with Gasteiger partial charge in [0.05, 0.1) is 0 Å². The van der Waals surface area contributed by atoms with Gasteiger partial charge in [0.2, 0.25) is 0 Å². The van der Waals surface area contributed by atoms with E-state index in [2.05, 4.69) is 31.1 Å². The van der Waals surface area contributed by atoms with E-state index in [0.29, 0.717) is 11.3 Å². The molecule has 0 atom stereocenters. The largest absolute Gasteiger partial charge is 0.477 e. The van der Waals surface area contributed by atoms with Crippen molar-refractivity contribution in [1.29, 1.82) is 0 Å². The SMILES string of the molecule is Cc1cccn2c(=O)c(C(=O)O)c(Nc3ccc(C(C)(C)C)cc3)nc12. The molecule has 0 saturated heterocycles. The molecule has 0 aliphatic rings. The molecule has 2 N–H and O–H groups in total. The molecule has 3 aromatic rings. The van der Waals surface area contributed by atoms with Crippen LogP contribution in [0.3, 0.4) is 0 Å². The fraction of sp³-hybridized carbons (Fsp3) is 0.250.